The van der Waals surface area contributed by atoms with Crippen molar-refractivity contribution in [1.82, 2.24) is 0 Å². The molecule has 0 saturated heterocycles. The molecule has 0 unspecified atom stereocenters. The Morgan fingerprint density at radius 2 is 1.65 bits per heavy atom. The number of phenols is 2. The van der Waals surface area contributed by atoms with E-state index in [1.807, 2.05) is 30.3 Å². The summed E-state index contributed by atoms with van der Waals surface area (Å²) in [4.78, 5) is 26.0. The van der Waals surface area contributed by atoms with Crippen molar-refractivity contribution in [3.63, 3.8) is 0 Å². The van der Waals surface area contributed by atoms with Gasteiger partial charge in [0.1, 0.15) is 12.2 Å². The summed E-state index contributed by atoms with van der Waals surface area (Å²) >= 11 is 0. The standard InChI is InChI=1S/C37H42O9/c1-22(39)45-32-17-28(46-35(42)12-23-5-4-6-24(11-23)20-38)19-36(27-7-8-30(40)34(16-27)44-3)9-10-37(21-36)18-26-14-31(41)33(43-2)15-25(26)13-29(32)37/h4-8,11,14-16,28-29,32,38,40-41H,9-10,12-13,17-21H2,1-3H3/t28-,29-,32-,36+,37+/m1/s1. The SMILES string of the molecule is COc1cc([C@@]23CC[C@]4(Cc5cc(O)c(OC)cc5C[C@@H]4[C@H](OC(C)=O)C[C@@H](OC(=O)Cc4cccc(CO)c4)C2)C3)ccc1O. The third-order valence-corrected chi connectivity index (χ3v) is 10.6. The molecule has 6 rings (SSSR count). The number of aliphatic hydroxyl groups excluding tert-OH is 1. The van der Waals surface area contributed by atoms with Crippen molar-refractivity contribution in [2.75, 3.05) is 14.2 Å². The number of hydrogen-bond donors (Lipinski definition) is 3. The first-order chi connectivity index (χ1) is 22.1. The second-order valence-electron chi connectivity index (χ2n) is 13.3. The van der Waals surface area contributed by atoms with Gasteiger partial charge < -0.3 is 34.3 Å². The van der Waals surface area contributed by atoms with E-state index in [1.165, 1.54) is 21.1 Å². The lowest BCUT2D eigenvalue weighted by Gasteiger charge is -2.49. The zero-order valence-corrected chi connectivity index (χ0v) is 26.6. The first-order valence-corrected chi connectivity index (χ1v) is 15.9. The van der Waals surface area contributed by atoms with Gasteiger partial charge in [-0.3, -0.25) is 9.59 Å². The van der Waals surface area contributed by atoms with Crippen LogP contribution in [0.5, 0.6) is 23.0 Å². The number of benzene rings is 3. The van der Waals surface area contributed by atoms with Crippen molar-refractivity contribution in [1.29, 1.82) is 0 Å². The maximum absolute atomic E-state index is 13.5. The molecule has 3 N–H and O–H groups in total. The molecule has 46 heavy (non-hydrogen) atoms. The molecule has 3 aliphatic rings. The maximum Gasteiger partial charge on any atom is 0.310 e. The third kappa shape index (κ3) is 6.00. The van der Waals surface area contributed by atoms with Crippen LogP contribution in [0.3, 0.4) is 0 Å². The predicted octanol–water partition coefficient (Wildman–Crippen LogP) is 5.31. The average Bonchev–Trinajstić information content (AvgIpc) is 3.39. The number of rotatable bonds is 8. The summed E-state index contributed by atoms with van der Waals surface area (Å²) in [5.41, 5.74) is 3.92. The summed E-state index contributed by atoms with van der Waals surface area (Å²) in [5.74, 6) is 0.0981. The van der Waals surface area contributed by atoms with E-state index in [0.717, 1.165) is 47.1 Å². The third-order valence-electron chi connectivity index (χ3n) is 10.6. The van der Waals surface area contributed by atoms with E-state index < -0.39 is 17.6 Å². The van der Waals surface area contributed by atoms with Crippen LogP contribution < -0.4 is 9.47 Å². The number of fused-ring (bicyclic) bond motifs is 2. The average molecular weight is 631 g/mol. The van der Waals surface area contributed by atoms with Crippen LogP contribution in [-0.4, -0.2) is 53.7 Å². The molecule has 3 aromatic carbocycles. The van der Waals surface area contributed by atoms with Crippen LogP contribution >= 0.6 is 0 Å². The summed E-state index contributed by atoms with van der Waals surface area (Å²) in [6.45, 7) is 1.30. The maximum atomic E-state index is 13.5. The number of carbonyl (C=O) groups is 2. The number of carbonyl (C=O) groups excluding carboxylic acids is 2. The molecular formula is C37H42O9. The van der Waals surface area contributed by atoms with Gasteiger partial charge in [-0.1, -0.05) is 30.3 Å². The van der Waals surface area contributed by atoms with Crippen molar-refractivity contribution in [2.45, 2.75) is 82.5 Å². The van der Waals surface area contributed by atoms with Crippen molar-refractivity contribution < 1.29 is 43.9 Å². The molecular weight excluding hydrogens is 588 g/mol. The van der Waals surface area contributed by atoms with E-state index in [2.05, 4.69) is 0 Å². The Morgan fingerprint density at radius 3 is 2.39 bits per heavy atom. The molecule has 5 atom stereocenters. The van der Waals surface area contributed by atoms with Gasteiger partial charge in [-0.2, -0.15) is 0 Å². The number of aromatic hydroxyl groups is 2. The van der Waals surface area contributed by atoms with E-state index in [1.54, 1.807) is 24.3 Å². The number of ether oxygens (including phenoxy) is 4. The van der Waals surface area contributed by atoms with Crippen LogP contribution in [0.4, 0.5) is 0 Å². The van der Waals surface area contributed by atoms with E-state index >= 15 is 0 Å². The lowest BCUT2D eigenvalue weighted by atomic mass is 9.57. The van der Waals surface area contributed by atoms with Crippen LogP contribution in [0.15, 0.2) is 54.6 Å². The molecule has 0 radical (unpaired) electrons. The van der Waals surface area contributed by atoms with Crippen molar-refractivity contribution in [2.24, 2.45) is 11.3 Å². The van der Waals surface area contributed by atoms with Gasteiger partial charge in [0.25, 0.3) is 0 Å². The van der Waals surface area contributed by atoms with Crippen molar-refractivity contribution in [3.8, 4) is 23.0 Å². The summed E-state index contributed by atoms with van der Waals surface area (Å²) in [5, 5.41) is 30.7. The zero-order chi connectivity index (χ0) is 32.6. The largest absolute Gasteiger partial charge is 0.504 e. The van der Waals surface area contributed by atoms with E-state index in [4.69, 9.17) is 18.9 Å². The highest BCUT2D eigenvalue weighted by Gasteiger charge is 2.59. The van der Waals surface area contributed by atoms with Gasteiger partial charge in [0, 0.05) is 19.3 Å². The second kappa shape index (κ2) is 12.5. The fourth-order valence-corrected chi connectivity index (χ4v) is 8.62. The summed E-state index contributed by atoms with van der Waals surface area (Å²) in [6, 6.07) is 16.4. The fraction of sp³-hybridized carbons (Fsp3) is 0.459. The van der Waals surface area contributed by atoms with Gasteiger partial charge in [0.15, 0.2) is 23.0 Å². The Kier molecular flexibility index (Phi) is 8.63. The molecule has 0 amide bonds. The van der Waals surface area contributed by atoms with Crippen LogP contribution in [0, 0.1) is 11.3 Å². The number of aliphatic hydroxyl groups is 1. The highest BCUT2D eigenvalue weighted by molar-refractivity contribution is 5.73. The zero-order valence-electron chi connectivity index (χ0n) is 26.6. The van der Waals surface area contributed by atoms with Gasteiger partial charge in [0.2, 0.25) is 0 Å². The van der Waals surface area contributed by atoms with Gasteiger partial charge in [-0.05, 0) is 101 Å². The van der Waals surface area contributed by atoms with Crippen molar-refractivity contribution >= 4 is 11.9 Å². The minimum absolute atomic E-state index is 0.0482. The molecule has 9 heteroatoms. The molecule has 2 fully saturated rings. The Balaban J connectivity index is 1.41. The van der Waals surface area contributed by atoms with E-state index in [0.29, 0.717) is 37.2 Å². The van der Waals surface area contributed by atoms with E-state index in [9.17, 15) is 24.9 Å². The van der Waals surface area contributed by atoms with Crippen LogP contribution in [0.25, 0.3) is 0 Å². The quantitative estimate of drug-likeness (QED) is 0.283. The van der Waals surface area contributed by atoms with Crippen LogP contribution in [-0.2, 0) is 50.3 Å². The molecule has 3 aliphatic carbocycles. The Morgan fingerprint density at radius 1 is 0.891 bits per heavy atom. The molecule has 3 aromatic rings. The minimum Gasteiger partial charge on any atom is -0.504 e. The number of methoxy groups -OCH3 is 2. The normalized spacial score (nSPS) is 26.6. The summed E-state index contributed by atoms with van der Waals surface area (Å²) in [6.07, 6.45) is 3.57. The Bertz CT molecular complexity index is 1630. The highest BCUT2D eigenvalue weighted by Crippen LogP contribution is 2.63. The molecule has 0 heterocycles. The van der Waals surface area contributed by atoms with Crippen LogP contribution in [0.2, 0.25) is 0 Å². The summed E-state index contributed by atoms with van der Waals surface area (Å²) in [7, 11) is 3.05. The molecule has 1 spiro atoms. The Hall–Kier alpha value is -4.24. The lowest BCUT2D eigenvalue weighted by molar-refractivity contribution is -0.162. The fourth-order valence-electron chi connectivity index (χ4n) is 8.62. The molecule has 0 aliphatic heterocycles. The highest BCUT2D eigenvalue weighted by atomic mass is 16.6. The molecule has 244 valence electrons. The molecule has 2 bridgehead atoms. The smallest absolute Gasteiger partial charge is 0.310 e. The number of phenolic OH excluding ortho intramolecular Hbond substituents is 2. The lowest BCUT2D eigenvalue weighted by Crippen LogP contribution is -2.49. The number of esters is 2. The minimum atomic E-state index is -0.551. The predicted molar refractivity (Wildman–Crippen MR) is 169 cm³/mol. The Labute approximate surface area is 269 Å². The van der Waals surface area contributed by atoms with Gasteiger partial charge in [-0.25, -0.2) is 0 Å². The molecule has 9 nitrogen and oxygen atoms in total. The van der Waals surface area contributed by atoms with Gasteiger partial charge in [-0.15, -0.1) is 0 Å². The van der Waals surface area contributed by atoms with Crippen molar-refractivity contribution in [3.05, 3.63) is 82.4 Å². The first kappa shape index (κ1) is 31.7. The molecule has 0 aromatic heterocycles. The van der Waals surface area contributed by atoms with E-state index in [-0.39, 0.29) is 47.8 Å². The summed E-state index contributed by atoms with van der Waals surface area (Å²) < 4.78 is 23.3. The van der Waals surface area contributed by atoms with Gasteiger partial charge >= 0.3 is 11.9 Å². The topological polar surface area (TPSA) is 132 Å². The molecule has 2 saturated carbocycles. The first-order valence-electron chi connectivity index (χ1n) is 15.9. The monoisotopic (exact) mass is 630 g/mol. The second-order valence-corrected chi connectivity index (χ2v) is 13.3. The van der Waals surface area contributed by atoms with Crippen LogP contribution in [0.1, 0.15) is 66.8 Å². The van der Waals surface area contributed by atoms with Gasteiger partial charge in [0.05, 0.1) is 27.2 Å². The number of hydrogen-bond acceptors (Lipinski definition) is 9.